The molecule has 2 aliphatic heterocycles. The molecule has 2 N–H and O–H groups in total. The minimum atomic E-state index is -1.24. The fraction of sp³-hybridized carbons (Fsp3) is 0.184. The van der Waals surface area contributed by atoms with Gasteiger partial charge in [0.25, 0.3) is 5.91 Å². The van der Waals surface area contributed by atoms with Crippen molar-refractivity contribution in [2.24, 2.45) is 0 Å². The molecule has 2 heterocycles. The summed E-state index contributed by atoms with van der Waals surface area (Å²) in [5.74, 6) is -0.729. The molecule has 6 aromatic carbocycles. The average molecular weight is 852 g/mol. The quantitative estimate of drug-likeness (QED) is 0.132. The van der Waals surface area contributed by atoms with Crippen LogP contribution in [0.25, 0.3) is 11.1 Å². The second-order valence-corrected chi connectivity index (χ2v) is 16.0. The molecule has 12 heteroatoms. The molecule has 2 aliphatic rings. The molecular formula is C49H40Cl2N4O6. The number of carbonyl (C=O) groups is 3. The number of likely N-dealkylation sites (N-methyl/N-ethyl adjacent to an activating group) is 1. The zero-order valence-electron chi connectivity index (χ0n) is 33.1. The van der Waals surface area contributed by atoms with Crippen LogP contribution in [0.3, 0.4) is 0 Å². The molecule has 0 bridgehead atoms. The van der Waals surface area contributed by atoms with E-state index >= 15 is 0 Å². The van der Waals surface area contributed by atoms with Crippen molar-refractivity contribution >= 4 is 46.7 Å². The number of ether oxygens (including phenoxy) is 2. The molecule has 10 nitrogen and oxygen atoms in total. The summed E-state index contributed by atoms with van der Waals surface area (Å²) >= 11 is 12.2. The highest BCUT2D eigenvalue weighted by molar-refractivity contribution is 6.42. The van der Waals surface area contributed by atoms with E-state index < -0.39 is 24.0 Å². The number of carboxylic acid groups (broad SMARTS) is 1. The van der Waals surface area contributed by atoms with Gasteiger partial charge in [-0.05, 0) is 99.6 Å². The smallest absolute Gasteiger partial charge is 0.326 e. The van der Waals surface area contributed by atoms with Gasteiger partial charge in [0.05, 0.1) is 33.9 Å². The Kier molecular flexibility index (Phi) is 12.0. The molecule has 8 rings (SSSR count). The molecule has 61 heavy (non-hydrogen) atoms. The number of fused-ring (bicyclic) bond motifs is 2. The molecular weight excluding hydrogens is 811 g/mol. The SMILES string of the molecule is CN1CC(c2ccc(OCc3ccc(Cl)c(Cl)c3)cc2)Oc2cc3c(cc21)C[C@@H](C(=O)N[C@@H](Cc1ccc(-c2ccc(C#N)cc2)cc1)C(=O)O)N(C(=O)c1ccccc1)C3. The lowest BCUT2D eigenvalue weighted by atomic mass is 9.90. The second-order valence-electron chi connectivity index (χ2n) is 15.2. The minimum absolute atomic E-state index is 0.0377. The zero-order valence-corrected chi connectivity index (χ0v) is 34.6. The summed E-state index contributed by atoms with van der Waals surface area (Å²) in [5.41, 5.74) is 7.95. The largest absolute Gasteiger partial charge is 0.489 e. The molecule has 0 aliphatic carbocycles. The Bertz CT molecular complexity index is 2630. The maximum atomic E-state index is 14.2. The summed E-state index contributed by atoms with van der Waals surface area (Å²) < 4.78 is 12.6. The van der Waals surface area contributed by atoms with Crippen molar-refractivity contribution in [3.8, 4) is 28.7 Å². The molecule has 2 amide bonds. The average Bonchev–Trinajstić information content (AvgIpc) is 3.28. The van der Waals surface area contributed by atoms with Gasteiger partial charge in [-0.1, -0.05) is 96.0 Å². The van der Waals surface area contributed by atoms with Gasteiger partial charge in [-0.25, -0.2) is 4.79 Å². The molecule has 3 atom stereocenters. The molecule has 6 aromatic rings. The van der Waals surface area contributed by atoms with Gasteiger partial charge in [-0.2, -0.15) is 5.26 Å². The van der Waals surface area contributed by atoms with E-state index in [9.17, 15) is 19.5 Å². The number of hydrogen-bond donors (Lipinski definition) is 2. The van der Waals surface area contributed by atoms with Crippen molar-refractivity contribution in [3.63, 3.8) is 0 Å². The number of rotatable bonds is 11. The van der Waals surface area contributed by atoms with Gasteiger partial charge in [-0.3, -0.25) is 9.59 Å². The van der Waals surface area contributed by atoms with Crippen LogP contribution in [0.4, 0.5) is 5.69 Å². The Labute approximate surface area is 363 Å². The molecule has 1 unspecified atom stereocenters. The maximum absolute atomic E-state index is 14.2. The molecule has 0 saturated heterocycles. The predicted octanol–water partition coefficient (Wildman–Crippen LogP) is 9.06. The number of carboxylic acids is 1. The monoisotopic (exact) mass is 850 g/mol. The van der Waals surface area contributed by atoms with E-state index in [2.05, 4.69) is 16.3 Å². The van der Waals surface area contributed by atoms with E-state index in [1.165, 1.54) is 4.90 Å². The first-order valence-corrected chi connectivity index (χ1v) is 20.5. The number of nitrogens with zero attached hydrogens (tertiary/aromatic N) is 3. The van der Waals surface area contributed by atoms with Crippen molar-refractivity contribution in [1.82, 2.24) is 10.2 Å². The number of amides is 2. The van der Waals surface area contributed by atoms with Crippen LogP contribution in [-0.4, -0.2) is 53.5 Å². The third kappa shape index (κ3) is 9.19. The normalized spacial score (nSPS) is 16.0. The fourth-order valence-electron chi connectivity index (χ4n) is 7.75. The van der Waals surface area contributed by atoms with E-state index in [4.69, 9.17) is 37.9 Å². The first kappa shape index (κ1) is 41.0. The topological polar surface area (TPSA) is 132 Å². The van der Waals surface area contributed by atoms with Crippen LogP contribution in [-0.2, 0) is 35.6 Å². The fourth-order valence-corrected chi connectivity index (χ4v) is 8.07. The van der Waals surface area contributed by atoms with Gasteiger partial charge in [-0.15, -0.1) is 0 Å². The van der Waals surface area contributed by atoms with Gasteiger partial charge in [0.1, 0.15) is 36.3 Å². The number of halogens is 2. The Morgan fingerprint density at radius 1 is 0.852 bits per heavy atom. The van der Waals surface area contributed by atoms with Crippen molar-refractivity contribution in [2.45, 2.75) is 44.2 Å². The predicted molar refractivity (Wildman–Crippen MR) is 234 cm³/mol. The van der Waals surface area contributed by atoms with E-state index in [0.29, 0.717) is 51.4 Å². The van der Waals surface area contributed by atoms with Gasteiger partial charge in [0, 0.05) is 32.0 Å². The number of aliphatic carboxylic acids is 1. The van der Waals surface area contributed by atoms with Crippen molar-refractivity contribution in [3.05, 3.63) is 182 Å². The highest BCUT2D eigenvalue weighted by Gasteiger charge is 2.38. The molecule has 0 spiro atoms. The van der Waals surface area contributed by atoms with Gasteiger partial charge < -0.3 is 29.7 Å². The van der Waals surface area contributed by atoms with E-state index in [-0.39, 0.29) is 31.4 Å². The number of anilines is 1. The Morgan fingerprint density at radius 2 is 1.54 bits per heavy atom. The third-order valence-corrected chi connectivity index (χ3v) is 11.9. The van der Waals surface area contributed by atoms with Gasteiger partial charge >= 0.3 is 5.97 Å². The minimum Gasteiger partial charge on any atom is -0.489 e. The van der Waals surface area contributed by atoms with Crippen LogP contribution < -0.4 is 19.7 Å². The second kappa shape index (κ2) is 17.8. The highest BCUT2D eigenvalue weighted by Crippen LogP contribution is 2.42. The molecule has 0 radical (unpaired) electrons. The third-order valence-electron chi connectivity index (χ3n) is 11.1. The van der Waals surface area contributed by atoms with Crippen LogP contribution in [0.5, 0.6) is 11.5 Å². The molecule has 0 saturated carbocycles. The number of carbonyl (C=O) groups excluding carboxylic acids is 2. The number of benzene rings is 6. The van der Waals surface area contributed by atoms with Gasteiger partial charge in [0.15, 0.2) is 0 Å². The Balaban J connectivity index is 0.991. The van der Waals surface area contributed by atoms with E-state index in [1.807, 2.05) is 92.0 Å². The summed E-state index contributed by atoms with van der Waals surface area (Å²) in [6, 6.07) is 40.4. The summed E-state index contributed by atoms with van der Waals surface area (Å²) in [7, 11) is 1.99. The lowest BCUT2D eigenvalue weighted by Crippen LogP contribution is -2.56. The maximum Gasteiger partial charge on any atom is 0.326 e. The summed E-state index contributed by atoms with van der Waals surface area (Å²) in [6.45, 7) is 1.01. The standard InChI is InChI=1S/C49H40Cl2N4O6/c1-54-28-46(35-16-18-39(19-17-35)60-29-32-11-20-40(50)41(51)21-32)61-45-25-38-27-55(48(57)36-5-3-2-4-6-36)44(24-37(38)23-43(45)54)47(56)53-42(49(58)59)22-30-7-12-33(13-8-30)34-14-9-31(26-52)10-15-34/h2-21,23,25,42,44,46H,22,24,27-29H2,1H3,(H,53,56)(H,58,59)/t42-,44-,46?/m0/s1. The van der Waals surface area contributed by atoms with E-state index in [0.717, 1.165) is 39.1 Å². The summed E-state index contributed by atoms with van der Waals surface area (Å²) in [6.07, 6.45) is -0.0702. The zero-order chi connectivity index (χ0) is 42.6. The number of nitrogens with one attached hydrogen (secondary N) is 1. The summed E-state index contributed by atoms with van der Waals surface area (Å²) in [5, 5.41) is 23.1. The van der Waals surface area contributed by atoms with Crippen LogP contribution in [0.1, 0.15) is 49.8 Å². The molecule has 0 aromatic heterocycles. The first-order valence-electron chi connectivity index (χ1n) is 19.7. The van der Waals surface area contributed by atoms with E-state index in [1.54, 1.807) is 48.5 Å². The van der Waals surface area contributed by atoms with Crippen molar-refractivity contribution in [2.75, 3.05) is 18.5 Å². The van der Waals surface area contributed by atoms with Crippen LogP contribution in [0, 0.1) is 11.3 Å². The molecule has 0 fully saturated rings. The van der Waals surface area contributed by atoms with Crippen molar-refractivity contribution < 1.29 is 29.0 Å². The lowest BCUT2D eigenvalue weighted by molar-refractivity contribution is -0.142. The van der Waals surface area contributed by atoms with Gasteiger partial charge in [0.2, 0.25) is 5.91 Å². The number of hydrogen-bond acceptors (Lipinski definition) is 7. The Hall–Kier alpha value is -6.80. The lowest BCUT2D eigenvalue weighted by Gasteiger charge is -2.39. The van der Waals surface area contributed by atoms with Crippen LogP contribution in [0.2, 0.25) is 10.0 Å². The van der Waals surface area contributed by atoms with Crippen LogP contribution >= 0.6 is 23.2 Å². The number of nitriles is 1. The summed E-state index contributed by atoms with van der Waals surface area (Å²) in [4.78, 5) is 44.6. The highest BCUT2D eigenvalue weighted by atomic mass is 35.5. The first-order chi connectivity index (χ1) is 29.5. The van der Waals surface area contributed by atoms with Crippen molar-refractivity contribution in [1.29, 1.82) is 5.26 Å². The molecule has 306 valence electrons. The Morgan fingerprint density at radius 3 is 2.21 bits per heavy atom. The van der Waals surface area contributed by atoms with Crippen LogP contribution in [0.15, 0.2) is 133 Å².